The summed E-state index contributed by atoms with van der Waals surface area (Å²) in [7, 11) is 3.18. The molecule has 28 heavy (non-hydrogen) atoms. The average molecular weight is 402 g/mol. The fourth-order valence-corrected chi connectivity index (χ4v) is 3.64. The largest absolute Gasteiger partial charge is 0.493 e. The highest BCUT2D eigenvalue weighted by atomic mass is 32.2. The molecule has 1 aromatic heterocycles. The molecule has 8 heteroatoms. The molecule has 0 saturated carbocycles. The number of benzene rings is 1. The molecule has 7 nitrogen and oxygen atoms in total. The van der Waals surface area contributed by atoms with Crippen molar-refractivity contribution in [3.8, 4) is 11.5 Å². The summed E-state index contributed by atoms with van der Waals surface area (Å²) in [6.45, 7) is 0.695. The molecule has 0 N–H and O–H groups in total. The van der Waals surface area contributed by atoms with Gasteiger partial charge in [-0.3, -0.25) is 4.79 Å². The van der Waals surface area contributed by atoms with Crippen LogP contribution in [-0.2, 0) is 22.5 Å². The second-order valence-corrected chi connectivity index (χ2v) is 6.97. The van der Waals surface area contributed by atoms with Crippen molar-refractivity contribution in [3.63, 3.8) is 0 Å². The number of pyridine rings is 1. The molecule has 2 heterocycles. The van der Waals surface area contributed by atoms with Crippen LogP contribution in [0, 0.1) is 0 Å². The second-order valence-electron chi connectivity index (χ2n) is 6.18. The lowest BCUT2D eigenvalue weighted by molar-refractivity contribution is -0.135. The Morgan fingerprint density at radius 1 is 1.18 bits per heavy atom. The molecule has 0 saturated heterocycles. The van der Waals surface area contributed by atoms with Gasteiger partial charge in [0.1, 0.15) is 5.03 Å². The van der Waals surface area contributed by atoms with Crippen LogP contribution in [0.2, 0.25) is 0 Å². The number of aromatic nitrogens is 1. The molecule has 0 fully saturated rings. The van der Waals surface area contributed by atoms with Gasteiger partial charge in [0.05, 0.1) is 19.8 Å². The van der Waals surface area contributed by atoms with E-state index in [0.717, 1.165) is 11.1 Å². The molecule has 1 amide bonds. The molecular formula is C20H22N2O5S. The first kappa shape index (κ1) is 20.0. The molecule has 1 aliphatic rings. The zero-order valence-electron chi connectivity index (χ0n) is 16.1. The SMILES string of the molecule is COc1cc2c(cc1OC)CN(C(=O)COC(=O)c1cccnc1SC)CC2. The minimum atomic E-state index is -0.547. The minimum Gasteiger partial charge on any atom is -0.493 e. The number of esters is 1. The van der Waals surface area contributed by atoms with Crippen molar-refractivity contribution >= 4 is 23.6 Å². The molecule has 1 aromatic carbocycles. The monoisotopic (exact) mass is 402 g/mol. The van der Waals surface area contributed by atoms with Gasteiger partial charge in [-0.25, -0.2) is 9.78 Å². The lowest BCUT2D eigenvalue weighted by Gasteiger charge is -2.29. The molecule has 0 radical (unpaired) electrons. The summed E-state index contributed by atoms with van der Waals surface area (Å²) in [5, 5.41) is 0.577. The predicted octanol–water partition coefficient (Wildman–Crippen LogP) is 2.56. The zero-order chi connectivity index (χ0) is 20.1. The van der Waals surface area contributed by atoms with Gasteiger partial charge in [-0.2, -0.15) is 0 Å². The van der Waals surface area contributed by atoms with Gasteiger partial charge < -0.3 is 19.1 Å². The topological polar surface area (TPSA) is 78.0 Å². The third kappa shape index (κ3) is 4.22. The number of thioether (sulfide) groups is 1. The van der Waals surface area contributed by atoms with E-state index in [1.807, 2.05) is 18.4 Å². The molecule has 1 aliphatic heterocycles. The lowest BCUT2D eigenvalue weighted by Crippen LogP contribution is -2.38. The summed E-state index contributed by atoms with van der Waals surface area (Å²) in [6, 6.07) is 7.15. The smallest absolute Gasteiger partial charge is 0.341 e. The Balaban J connectivity index is 1.64. The number of hydrogen-bond donors (Lipinski definition) is 0. The summed E-state index contributed by atoms with van der Waals surface area (Å²) in [6.07, 6.45) is 4.15. The molecule has 3 rings (SSSR count). The number of ether oxygens (including phenoxy) is 3. The Labute approximate surface area is 168 Å². The van der Waals surface area contributed by atoms with Crippen LogP contribution in [0.4, 0.5) is 0 Å². The zero-order valence-corrected chi connectivity index (χ0v) is 16.9. The first-order valence-electron chi connectivity index (χ1n) is 8.75. The Kier molecular flexibility index (Phi) is 6.41. The number of amides is 1. The number of hydrogen-bond acceptors (Lipinski definition) is 7. The van der Waals surface area contributed by atoms with E-state index in [1.54, 1.807) is 37.4 Å². The van der Waals surface area contributed by atoms with Gasteiger partial charge in [-0.1, -0.05) is 0 Å². The van der Waals surface area contributed by atoms with Gasteiger partial charge in [0.2, 0.25) is 0 Å². The van der Waals surface area contributed by atoms with E-state index >= 15 is 0 Å². The predicted molar refractivity (Wildman–Crippen MR) is 105 cm³/mol. The number of nitrogens with zero attached hydrogens (tertiary/aromatic N) is 2. The number of methoxy groups -OCH3 is 2. The third-order valence-corrected chi connectivity index (χ3v) is 5.29. The van der Waals surface area contributed by atoms with Crippen molar-refractivity contribution in [2.45, 2.75) is 18.0 Å². The van der Waals surface area contributed by atoms with Crippen molar-refractivity contribution in [2.24, 2.45) is 0 Å². The third-order valence-electron chi connectivity index (χ3n) is 4.58. The maximum absolute atomic E-state index is 12.5. The summed E-state index contributed by atoms with van der Waals surface area (Å²) in [4.78, 5) is 30.7. The maximum atomic E-state index is 12.5. The van der Waals surface area contributed by atoms with E-state index in [2.05, 4.69) is 4.98 Å². The van der Waals surface area contributed by atoms with E-state index < -0.39 is 5.97 Å². The van der Waals surface area contributed by atoms with E-state index in [9.17, 15) is 9.59 Å². The fourth-order valence-electron chi connectivity index (χ4n) is 3.10. The molecule has 0 bridgehead atoms. The highest BCUT2D eigenvalue weighted by Gasteiger charge is 2.24. The summed E-state index contributed by atoms with van der Waals surface area (Å²) < 4.78 is 15.9. The minimum absolute atomic E-state index is 0.233. The van der Waals surface area contributed by atoms with Crippen molar-refractivity contribution in [3.05, 3.63) is 47.2 Å². The first-order chi connectivity index (χ1) is 13.6. The fraction of sp³-hybridized carbons (Fsp3) is 0.350. The number of carbonyl (C=O) groups excluding carboxylic acids is 2. The van der Waals surface area contributed by atoms with Gasteiger partial charge in [-0.15, -0.1) is 11.8 Å². The number of carbonyl (C=O) groups is 2. The normalized spacial score (nSPS) is 12.9. The van der Waals surface area contributed by atoms with Gasteiger partial charge in [0, 0.05) is 19.3 Å². The molecule has 0 unspecified atom stereocenters. The van der Waals surface area contributed by atoms with Gasteiger partial charge >= 0.3 is 5.97 Å². The number of fused-ring (bicyclic) bond motifs is 1. The average Bonchev–Trinajstić information content (AvgIpc) is 2.75. The van der Waals surface area contributed by atoms with E-state index in [1.165, 1.54) is 11.8 Å². The van der Waals surface area contributed by atoms with Crippen LogP contribution in [0.25, 0.3) is 0 Å². The Morgan fingerprint density at radius 3 is 2.57 bits per heavy atom. The summed E-state index contributed by atoms with van der Waals surface area (Å²) in [5.74, 6) is 0.525. The van der Waals surface area contributed by atoms with Crippen LogP contribution < -0.4 is 9.47 Å². The standard InChI is InChI=1S/C20H22N2O5S/c1-25-16-9-13-6-8-22(11-14(13)10-17(16)26-2)18(23)12-27-20(24)15-5-4-7-21-19(15)28-3/h4-5,7,9-10H,6,8,11-12H2,1-3H3. The van der Waals surface area contributed by atoms with E-state index in [-0.39, 0.29) is 12.5 Å². The highest BCUT2D eigenvalue weighted by molar-refractivity contribution is 7.98. The van der Waals surface area contributed by atoms with Crippen LogP contribution in [0.3, 0.4) is 0 Å². The summed E-state index contributed by atoms with van der Waals surface area (Å²) in [5.41, 5.74) is 2.49. The second kappa shape index (κ2) is 8.97. The lowest BCUT2D eigenvalue weighted by atomic mass is 9.99. The van der Waals surface area contributed by atoms with Crippen LogP contribution in [-0.4, -0.2) is 55.4 Å². The molecule has 0 aliphatic carbocycles. The van der Waals surface area contributed by atoms with Crippen molar-refractivity contribution in [1.82, 2.24) is 9.88 Å². The van der Waals surface area contributed by atoms with Crippen molar-refractivity contribution in [2.75, 3.05) is 33.6 Å². The van der Waals surface area contributed by atoms with Crippen molar-refractivity contribution in [1.29, 1.82) is 0 Å². The highest BCUT2D eigenvalue weighted by Crippen LogP contribution is 2.33. The number of rotatable bonds is 6. The molecule has 148 valence electrons. The van der Waals surface area contributed by atoms with Gasteiger partial charge in [0.25, 0.3) is 5.91 Å². The Hall–Kier alpha value is -2.74. The van der Waals surface area contributed by atoms with Gasteiger partial charge in [-0.05, 0) is 48.1 Å². The molecule has 0 atom stereocenters. The molecule has 0 spiro atoms. The van der Waals surface area contributed by atoms with Crippen molar-refractivity contribution < 1.29 is 23.8 Å². The van der Waals surface area contributed by atoms with Crippen LogP contribution in [0.1, 0.15) is 21.5 Å². The van der Waals surface area contributed by atoms with Gasteiger partial charge in [0.15, 0.2) is 18.1 Å². The van der Waals surface area contributed by atoms with Crippen LogP contribution in [0.15, 0.2) is 35.5 Å². The van der Waals surface area contributed by atoms with Crippen LogP contribution >= 0.6 is 11.8 Å². The van der Waals surface area contributed by atoms with E-state index in [0.29, 0.717) is 41.6 Å². The molecular weight excluding hydrogens is 380 g/mol. The first-order valence-corrected chi connectivity index (χ1v) is 9.97. The Bertz CT molecular complexity index is 887. The maximum Gasteiger partial charge on any atom is 0.341 e. The Morgan fingerprint density at radius 2 is 1.89 bits per heavy atom. The molecule has 2 aromatic rings. The quantitative estimate of drug-likeness (QED) is 0.543. The van der Waals surface area contributed by atoms with Crippen LogP contribution in [0.5, 0.6) is 11.5 Å². The summed E-state index contributed by atoms with van der Waals surface area (Å²) >= 11 is 1.36. The van der Waals surface area contributed by atoms with E-state index in [4.69, 9.17) is 14.2 Å².